The Morgan fingerprint density at radius 1 is 1.26 bits per heavy atom. The fourth-order valence-electron chi connectivity index (χ4n) is 1.63. The maximum absolute atomic E-state index is 12.1. The number of anilines is 1. The summed E-state index contributed by atoms with van der Waals surface area (Å²) in [5.74, 6) is -0.199. The lowest BCUT2D eigenvalue weighted by atomic mass is 10.1. The first-order chi connectivity index (χ1) is 8.74. The van der Waals surface area contributed by atoms with Gasteiger partial charge in [0, 0.05) is 25.7 Å². The van der Waals surface area contributed by atoms with E-state index in [1.165, 1.54) is 13.0 Å². The van der Waals surface area contributed by atoms with Crippen molar-refractivity contribution in [2.75, 3.05) is 18.8 Å². The maximum atomic E-state index is 12.1. The highest BCUT2D eigenvalue weighted by Gasteiger charge is 2.17. The molecule has 6 nitrogen and oxygen atoms in total. The summed E-state index contributed by atoms with van der Waals surface area (Å²) in [5.41, 5.74) is 7.57. The predicted molar refractivity (Wildman–Crippen MR) is 74.2 cm³/mol. The molecule has 0 aliphatic heterocycles. The van der Waals surface area contributed by atoms with Crippen LogP contribution in [0.2, 0.25) is 0 Å². The highest BCUT2D eigenvalue weighted by molar-refractivity contribution is 7.89. The molecule has 4 N–H and O–H groups in total. The average Bonchev–Trinajstić information content (AvgIpc) is 2.29. The quantitative estimate of drug-likeness (QED) is 0.535. The summed E-state index contributed by atoms with van der Waals surface area (Å²) in [6.45, 7) is 5.29. The Balaban J connectivity index is 2.86. The monoisotopic (exact) mass is 285 g/mol. The first kappa shape index (κ1) is 15.5. The smallest absolute Gasteiger partial charge is 0.240 e. The first-order valence-electron chi connectivity index (χ1n) is 5.85. The van der Waals surface area contributed by atoms with E-state index < -0.39 is 10.0 Å². The van der Waals surface area contributed by atoms with Crippen molar-refractivity contribution in [1.82, 2.24) is 10.0 Å². The zero-order chi connectivity index (χ0) is 14.6. The van der Waals surface area contributed by atoms with E-state index in [9.17, 15) is 13.2 Å². The summed E-state index contributed by atoms with van der Waals surface area (Å²) in [5, 5.41) is 2.52. The van der Waals surface area contributed by atoms with E-state index in [-0.39, 0.29) is 23.9 Å². The second kappa shape index (κ2) is 6.03. The Morgan fingerprint density at radius 3 is 2.47 bits per heavy atom. The predicted octanol–water partition coefficient (Wildman–Crippen LogP) is 0.300. The second-order valence-corrected chi connectivity index (χ2v) is 6.08. The van der Waals surface area contributed by atoms with Crippen LogP contribution in [-0.2, 0) is 14.8 Å². The molecule has 0 fully saturated rings. The van der Waals surface area contributed by atoms with Gasteiger partial charge in [-0.2, -0.15) is 0 Å². The molecule has 1 rings (SSSR count). The molecular weight excluding hydrogens is 266 g/mol. The Morgan fingerprint density at radius 2 is 1.89 bits per heavy atom. The third-order valence-electron chi connectivity index (χ3n) is 2.72. The van der Waals surface area contributed by atoms with Crippen molar-refractivity contribution in [2.24, 2.45) is 0 Å². The van der Waals surface area contributed by atoms with Gasteiger partial charge in [-0.3, -0.25) is 4.79 Å². The number of aryl methyl sites for hydroxylation is 1. The molecule has 0 aliphatic carbocycles. The fourth-order valence-corrected chi connectivity index (χ4v) is 3.02. The summed E-state index contributed by atoms with van der Waals surface area (Å²) in [7, 11) is -3.62. The maximum Gasteiger partial charge on any atom is 0.240 e. The Bertz CT molecular complexity index is 582. The van der Waals surface area contributed by atoms with Gasteiger partial charge in [0.1, 0.15) is 0 Å². The van der Waals surface area contributed by atoms with Gasteiger partial charge >= 0.3 is 0 Å². The van der Waals surface area contributed by atoms with Gasteiger partial charge in [-0.25, -0.2) is 13.1 Å². The first-order valence-corrected chi connectivity index (χ1v) is 7.33. The molecule has 7 heteroatoms. The Labute approximate surface area is 113 Å². The van der Waals surface area contributed by atoms with E-state index in [4.69, 9.17) is 5.73 Å². The summed E-state index contributed by atoms with van der Waals surface area (Å²) in [6, 6.07) is 3.16. The van der Waals surface area contributed by atoms with Crippen molar-refractivity contribution in [2.45, 2.75) is 25.7 Å². The number of rotatable bonds is 5. The molecule has 1 aromatic rings. The van der Waals surface area contributed by atoms with Gasteiger partial charge in [0.2, 0.25) is 15.9 Å². The van der Waals surface area contributed by atoms with Crippen molar-refractivity contribution in [1.29, 1.82) is 0 Å². The standard InChI is InChI=1S/C12H19N3O3S/c1-8-6-11(13)7-12(9(8)2)19(17,18)15-5-4-14-10(3)16/h6-7,15H,4-5,13H2,1-3H3,(H,14,16). The largest absolute Gasteiger partial charge is 0.399 e. The van der Waals surface area contributed by atoms with Crippen LogP contribution in [0.3, 0.4) is 0 Å². The minimum absolute atomic E-state index is 0.134. The average molecular weight is 285 g/mol. The van der Waals surface area contributed by atoms with Gasteiger partial charge in [0.15, 0.2) is 0 Å². The van der Waals surface area contributed by atoms with E-state index in [2.05, 4.69) is 10.0 Å². The Hall–Kier alpha value is -1.60. The van der Waals surface area contributed by atoms with Crippen molar-refractivity contribution in [3.63, 3.8) is 0 Å². The van der Waals surface area contributed by atoms with Crippen molar-refractivity contribution >= 4 is 21.6 Å². The number of carbonyl (C=O) groups excluding carboxylic acids is 1. The molecule has 0 aliphatic rings. The summed E-state index contributed by atoms with van der Waals surface area (Å²) in [4.78, 5) is 10.9. The highest BCUT2D eigenvalue weighted by Crippen LogP contribution is 2.21. The molecule has 0 saturated heterocycles. The second-order valence-electron chi connectivity index (χ2n) is 4.34. The van der Waals surface area contributed by atoms with Crippen LogP contribution in [0.25, 0.3) is 0 Å². The molecule has 0 saturated carbocycles. The number of nitrogens with two attached hydrogens (primary N) is 1. The minimum atomic E-state index is -3.62. The molecule has 19 heavy (non-hydrogen) atoms. The van der Waals surface area contributed by atoms with Crippen LogP contribution in [-0.4, -0.2) is 27.4 Å². The summed E-state index contributed by atoms with van der Waals surface area (Å²) >= 11 is 0. The number of hydrogen-bond donors (Lipinski definition) is 3. The van der Waals surface area contributed by atoms with Crippen LogP contribution >= 0.6 is 0 Å². The minimum Gasteiger partial charge on any atom is -0.399 e. The van der Waals surface area contributed by atoms with Gasteiger partial charge in [-0.1, -0.05) is 0 Å². The molecule has 0 heterocycles. The number of amides is 1. The summed E-state index contributed by atoms with van der Waals surface area (Å²) in [6.07, 6.45) is 0. The molecule has 0 spiro atoms. The van der Waals surface area contributed by atoms with E-state index in [0.29, 0.717) is 11.3 Å². The Kier molecular flexibility index (Phi) is 4.90. The fraction of sp³-hybridized carbons (Fsp3) is 0.417. The SMILES string of the molecule is CC(=O)NCCNS(=O)(=O)c1cc(N)cc(C)c1C. The number of nitrogens with one attached hydrogen (secondary N) is 2. The van der Waals surface area contributed by atoms with Crippen LogP contribution in [0.15, 0.2) is 17.0 Å². The molecule has 0 bridgehead atoms. The normalized spacial score (nSPS) is 11.3. The number of benzene rings is 1. The van der Waals surface area contributed by atoms with Gasteiger partial charge < -0.3 is 11.1 Å². The van der Waals surface area contributed by atoms with E-state index in [1.807, 2.05) is 6.92 Å². The topological polar surface area (TPSA) is 101 Å². The molecule has 0 aromatic heterocycles. The van der Waals surface area contributed by atoms with Crippen LogP contribution in [0.5, 0.6) is 0 Å². The number of hydrogen-bond acceptors (Lipinski definition) is 4. The van der Waals surface area contributed by atoms with Crippen molar-refractivity contribution < 1.29 is 13.2 Å². The molecule has 0 atom stereocenters. The molecule has 1 amide bonds. The van der Waals surface area contributed by atoms with Crippen LogP contribution < -0.4 is 15.8 Å². The third kappa shape index (κ3) is 4.22. The van der Waals surface area contributed by atoms with Crippen molar-refractivity contribution in [3.8, 4) is 0 Å². The molecule has 0 unspecified atom stereocenters. The number of nitrogen functional groups attached to an aromatic ring is 1. The lowest BCUT2D eigenvalue weighted by Gasteiger charge is -2.12. The van der Waals surface area contributed by atoms with Gasteiger partial charge in [-0.15, -0.1) is 0 Å². The zero-order valence-electron chi connectivity index (χ0n) is 11.3. The highest BCUT2D eigenvalue weighted by atomic mass is 32.2. The third-order valence-corrected chi connectivity index (χ3v) is 4.31. The summed E-state index contributed by atoms with van der Waals surface area (Å²) < 4.78 is 26.7. The molecule has 0 radical (unpaired) electrons. The lowest BCUT2D eigenvalue weighted by molar-refractivity contribution is -0.118. The molecule has 1 aromatic carbocycles. The van der Waals surface area contributed by atoms with Crippen LogP contribution in [0.4, 0.5) is 5.69 Å². The van der Waals surface area contributed by atoms with Crippen molar-refractivity contribution in [3.05, 3.63) is 23.3 Å². The zero-order valence-corrected chi connectivity index (χ0v) is 12.1. The molecule has 106 valence electrons. The lowest BCUT2D eigenvalue weighted by Crippen LogP contribution is -2.34. The van der Waals surface area contributed by atoms with Crippen LogP contribution in [0.1, 0.15) is 18.1 Å². The van der Waals surface area contributed by atoms with E-state index in [1.54, 1.807) is 13.0 Å². The van der Waals surface area contributed by atoms with Crippen LogP contribution in [0, 0.1) is 13.8 Å². The number of sulfonamides is 1. The van der Waals surface area contributed by atoms with E-state index >= 15 is 0 Å². The molecular formula is C12H19N3O3S. The van der Waals surface area contributed by atoms with Gasteiger partial charge in [0.25, 0.3) is 0 Å². The number of carbonyl (C=O) groups is 1. The van der Waals surface area contributed by atoms with E-state index in [0.717, 1.165) is 5.56 Å². The van der Waals surface area contributed by atoms with Gasteiger partial charge in [0.05, 0.1) is 4.90 Å². The van der Waals surface area contributed by atoms with Gasteiger partial charge in [-0.05, 0) is 37.1 Å².